The Balaban J connectivity index is 1.90. The lowest BCUT2D eigenvalue weighted by Gasteiger charge is -2.26. The van der Waals surface area contributed by atoms with Crippen LogP contribution in [-0.2, 0) is 4.74 Å². The van der Waals surface area contributed by atoms with Crippen molar-refractivity contribution >= 4 is 11.9 Å². The van der Waals surface area contributed by atoms with Crippen molar-refractivity contribution in [1.29, 1.82) is 0 Å². The van der Waals surface area contributed by atoms with Gasteiger partial charge in [-0.15, -0.1) is 5.10 Å². The van der Waals surface area contributed by atoms with Gasteiger partial charge in [-0.25, -0.2) is 4.79 Å². The first-order valence-corrected chi connectivity index (χ1v) is 7.39. The van der Waals surface area contributed by atoms with Gasteiger partial charge >= 0.3 is 6.09 Å². The van der Waals surface area contributed by atoms with Gasteiger partial charge in [0.1, 0.15) is 5.60 Å². The van der Waals surface area contributed by atoms with Crippen molar-refractivity contribution in [2.24, 2.45) is 0 Å². The number of alkyl carbamates (subject to hydrolysis) is 1. The topological polar surface area (TPSA) is 67.4 Å². The van der Waals surface area contributed by atoms with Crippen molar-refractivity contribution in [3.05, 3.63) is 17.8 Å². The summed E-state index contributed by atoms with van der Waals surface area (Å²) in [5, 5.41) is 11.2. The maximum Gasteiger partial charge on any atom is 0.407 e. The number of carbonyl (C=O) groups is 1. The number of hydrogen-bond donors (Lipinski definition) is 1. The number of nitrogens with zero attached hydrogens (tertiary/aromatic N) is 3. The SMILES string of the molecule is Cc1ccc(N2CCCC2CNC(=O)OC(C)(C)C)nn1. The number of hydrogen-bond acceptors (Lipinski definition) is 5. The molecule has 116 valence electrons. The number of rotatable bonds is 3. The minimum atomic E-state index is -0.470. The predicted molar refractivity (Wildman–Crippen MR) is 81.4 cm³/mol. The van der Waals surface area contributed by atoms with Crippen LogP contribution >= 0.6 is 0 Å². The van der Waals surface area contributed by atoms with Gasteiger partial charge in [0.15, 0.2) is 5.82 Å². The highest BCUT2D eigenvalue weighted by molar-refractivity contribution is 5.67. The fourth-order valence-electron chi connectivity index (χ4n) is 2.41. The van der Waals surface area contributed by atoms with Crippen LogP contribution in [0.2, 0.25) is 0 Å². The molecule has 1 amide bonds. The fourth-order valence-corrected chi connectivity index (χ4v) is 2.41. The molecule has 0 aliphatic carbocycles. The van der Waals surface area contributed by atoms with Crippen LogP contribution in [0.3, 0.4) is 0 Å². The Hall–Kier alpha value is -1.85. The monoisotopic (exact) mass is 292 g/mol. The molecule has 1 saturated heterocycles. The van der Waals surface area contributed by atoms with Crippen molar-refractivity contribution in [1.82, 2.24) is 15.5 Å². The number of amides is 1. The van der Waals surface area contributed by atoms with Crippen LogP contribution in [0.1, 0.15) is 39.3 Å². The van der Waals surface area contributed by atoms with Crippen molar-refractivity contribution in [3.8, 4) is 0 Å². The molecule has 0 bridgehead atoms. The second-order valence-electron chi connectivity index (χ2n) is 6.41. The van der Waals surface area contributed by atoms with Gasteiger partial charge in [-0.3, -0.25) is 0 Å². The molecule has 1 N–H and O–H groups in total. The molecule has 6 heteroatoms. The maximum absolute atomic E-state index is 11.7. The quantitative estimate of drug-likeness (QED) is 0.925. The maximum atomic E-state index is 11.7. The molecule has 2 heterocycles. The van der Waals surface area contributed by atoms with Gasteiger partial charge in [0.05, 0.1) is 5.69 Å². The van der Waals surface area contributed by atoms with Gasteiger partial charge in [-0.05, 0) is 52.7 Å². The molecule has 0 aromatic carbocycles. The minimum Gasteiger partial charge on any atom is -0.444 e. The lowest BCUT2D eigenvalue weighted by molar-refractivity contribution is 0.0525. The van der Waals surface area contributed by atoms with E-state index in [-0.39, 0.29) is 12.1 Å². The third-order valence-corrected chi connectivity index (χ3v) is 3.34. The van der Waals surface area contributed by atoms with E-state index in [1.165, 1.54) is 0 Å². The first-order valence-electron chi connectivity index (χ1n) is 7.39. The van der Waals surface area contributed by atoms with Crippen molar-refractivity contribution in [2.75, 3.05) is 18.0 Å². The average molecular weight is 292 g/mol. The van der Waals surface area contributed by atoms with Gasteiger partial charge in [0.2, 0.25) is 0 Å². The summed E-state index contributed by atoms with van der Waals surface area (Å²) >= 11 is 0. The Labute approximate surface area is 125 Å². The molecule has 1 aromatic heterocycles. The van der Waals surface area contributed by atoms with Gasteiger partial charge in [-0.2, -0.15) is 5.10 Å². The third kappa shape index (κ3) is 4.58. The molecule has 6 nitrogen and oxygen atoms in total. The molecule has 0 saturated carbocycles. The van der Waals surface area contributed by atoms with E-state index in [1.807, 2.05) is 39.8 Å². The first kappa shape index (κ1) is 15.5. The minimum absolute atomic E-state index is 0.245. The largest absolute Gasteiger partial charge is 0.444 e. The number of ether oxygens (including phenoxy) is 1. The zero-order chi connectivity index (χ0) is 15.5. The number of nitrogens with one attached hydrogen (secondary N) is 1. The van der Waals surface area contributed by atoms with Gasteiger partial charge < -0.3 is 15.0 Å². The molecule has 1 atom stereocenters. The van der Waals surface area contributed by atoms with Crippen molar-refractivity contribution < 1.29 is 9.53 Å². The second-order valence-corrected chi connectivity index (χ2v) is 6.41. The lowest BCUT2D eigenvalue weighted by atomic mass is 10.2. The van der Waals surface area contributed by atoms with Crippen LogP contribution in [0.15, 0.2) is 12.1 Å². The van der Waals surface area contributed by atoms with E-state index in [4.69, 9.17) is 4.74 Å². The first-order chi connectivity index (χ1) is 9.85. The molecular weight excluding hydrogens is 268 g/mol. The van der Waals surface area contributed by atoms with E-state index in [2.05, 4.69) is 20.4 Å². The summed E-state index contributed by atoms with van der Waals surface area (Å²) in [4.78, 5) is 13.9. The molecule has 1 fully saturated rings. The standard InChI is InChI=1S/C15H24N4O2/c1-11-7-8-13(18-17-11)19-9-5-6-12(19)10-16-14(20)21-15(2,3)4/h7-8,12H,5-6,9-10H2,1-4H3,(H,16,20). The molecule has 1 unspecified atom stereocenters. The summed E-state index contributed by atoms with van der Waals surface area (Å²) in [6, 6.07) is 4.18. The highest BCUT2D eigenvalue weighted by Crippen LogP contribution is 2.22. The molecule has 0 spiro atoms. The van der Waals surface area contributed by atoms with Gasteiger partial charge in [0, 0.05) is 19.1 Å². The van der Waals surface area contributed by atoms with Crippen LogP contribution < -0.4 is 10.2 Å². The summed E-state index contributed by atoms with van der Waals surface area (Å²) < 4.78 is 5.26. The molecule has 0 radical (unpaired) electrons. The molecule has 1 aliphatic rings. The number of anilines is 1. The molecular formula is C15H24N4O2. The van der Waals surface area contributed by atoms with Crippen molar-refractivity contribution in [3.63, 3.8) is 0 Å². The van der Waals surface area contributed by atoms with Crippen molar-refractivity contribution in [2.45, 2.75) is 52.2 Å². The average Bonchev–Trinajstić information content (AvgIpc) is 2.83. The van der Waals surface area contributed by atoms with E-state index >= 15 is 0 Å². The second kappa shape index (κ2) is 6.28. The molecule has 2 rings (SSSR count). The summed E-state index contributed by atoms with van der Waals surface area (Å²) in [6.45, 7) is 8.99. The lowest BCUT2D eigenvalue weighted by Crippen LogP contribution is -2.42. The fraction of sp³-hybridized carbons (Fsp3) is 0.667. The Morgan fingerprint density at radius 2 is 2.19 bits per heavy atom. The van der Waals surface area contributed by atoms with Crippen LogP contribution in [-0.4, -0.2) is 41.0 Å². The van der Waals surface area contributed by atoms with Crippen LogP contribution in [0, 0.1) is 6.92 Å². The highest BCUT2D eigenvalue weighted by atomic mass is 16.6. The Kier molecular flexibility index (Phi) is 4.65. The van der Waals surface area contributed by atoms with E-state index < -0.39 is 5.60 Å². The van der Waals surface area contributed by atoms with Crippen LogP contribution in [0.25, 0.3) is 0 Å². The van der Waals surface area contributed by atoms with E-state index in [9.17, 15) is 4.79 Å². The summed E-state index contributed by atoms with van der Waals surface area (Å²) in [7, 11) is 0. The Morgan fingerprint density at radius 1 is 1.43 bits per heavy atom. The summed E-state index contributed by atoms with van der Waals surface area (Å²) in [6.07, 6.45) is 1.76. The molecule has 1 aromatic rings. The zero-order valence-electron chi connectivity index (χ0n) is 13.2. The summed E-state index contributed by atoms with van der Waals surface area (Å²) in [5.41, 5.74) is 0.434. The van der Waals surface area contributed by atoms with Gasteiger partial charge in [-0.1, -0.05) is 0 Å². The zero-order valence-corrected chi connectivity index (χ0v) is 13.2. The normalized spacial score (nSPS) is 18.7. The molecule has 1 aliphatic heterocycles. The van der Waals surface area contributed by atoms with Crippen LogP contribution in [0.4, 0.5) is 10.6 Å². The van der Waals surface area contributed by atoms with E-state index in [1.54, 1.807) is 0 Å². The Bertz CT molecular complexity index is 481. The van der Waals surface area contributed by atoms with Gasteiger partial charge in [0.25, 0.3) is 0 Å². The third-order valence-electron chi connectivity index (χ3n) is 3.34. The number of aryl methyl sites for hydroxylation is 1. The predicted octanol–water partition coefficient (Wildman–Crippen LogP) is 2.28. The summed E-state index contributed by atoms with van der Waals surface area (Å²) in [5.74, 6) is 0.870. The molecule has 21 heavy (non-hydrogen) atoms. The van der Waals surface area contributed by atoms with E-state index in [0.29, 0.717) is 6.54 Å². The number of carbonyl (C=O) groups excluding carboxylic acids is 1. The highest BCUT2D eigenvalue weighted by Gasteiger charge is 2.27. The van der Waals surface area contributed by atoms with Crippen LogP contribution in [0.5, 0.6) is 0 Å². The smallest absolute Gasteiger partial charge is 0.407 e. The Morgan fingerprint density at radius 3 is 2.81 bits per heavy atom. The van der Waals surface area contributed by atoms with E-state index in [0.717, 1.165) is 30.9 Å². The number of aromatic nitrogens is 2.